The van der Waals surface area contributed by atoms with E-state index in [1.54, 1.807) is 48.5 Å². The molecule has 1 aliphatic rings. The van der Waals surface area contributed by atoms with Gasteiger partial charge in [0, 0.05) is 11.1 Å². The molecule has 0 aromatic heterocycles. The second-order valence-electron chi connectivity index (χ2n) is 6.50. The summed E-state index contributed by atoms with van der Waals surface area (Å²) in [6.45, 7) is 2.21. The smallest absolute Gasteiger partial charge is 0.339 e. The minimum Gasteiger partial charge on any atom is -0.457 e. The molecule has 0 spiro atoms. The van der Waals surface area contributed by atoms with Gasteiger partial charge in [-0.15, -0.1) is 0 Å². The van der Waals surface area contributed by atoms with Gasteiger partial charge >= 0.3 is 5.97 Å². The van der Waals surface area contributed by atoms with Crippen LogP contribution in [-0.2, 0) is 11.3 Å². The first-order valence-corrected chi connectivity index (χ1v) is 8.88. The highest BCUT2D eigenvalue weighted by atomic mass is 16.7. The van der Waals surface area contributed by atoms with Gasteiger partial charge in [-0.05, 0) is 30.7 Å². The lowest BCUT2D eigenvalue weighted by Crippen LogP contribution is -2.12. The van der Waals surface area contributed by atoms with Crippen molar-refractivity contribution in [2.45, 2.75) is 13.5 Å². The van der Waals surface area contributed by atoms with Crippen LogP contribution in [0.15, 0.2) is 66.7 Å². The van der Waals surface area contributed by atoms with Gasteiger partial charge in [-0.25, -0.2) is 4.79 Å². The van der Waals surface area contributed by atoms with Crippen molar-refractivity contribution in [2.75, 3.05) is 6.79 Å². The van der Waals surface area contributed by atoms with E-state index >= 15 is 0 Å². The molecule has 3 aromatic rings. The van der Waals surface area contributed by atoms with E-state index in [9.17, 15) is 9.59 Å². The van der Waals surface area contributed by atoms with Crippen molar-refractivity contribution in [3.63, 3.8) is 0 Å². The van der Waals surface area contributed by atoms with E-state index in [4.69, 9.17) is 14.2 Å². The predicted octanol–water partition coefficient (Wildman–Crippen LogP) is 4.31. The Hall–Kier alpha value is -3.60. The standard InChI is InChI=1S/C23H18O5/c1-15-6-9-17(10-7-15)22(24)18-4-2-3-5-19(18)23(25)26-13-16-8-11-20-21(12-16)28-14-27-20/h2-12H,13-14H2,1H3. The molecule has 0 radical (unpaired) electrons. The molecule has 1 aliphatic heterocycles. The topological polar surface area (TPSA) is 61.8 Å². The summed E-state index contributed by atoms with van der Waals surface area (Å²) >= 11 is 0. The van der Waals surface area contributed by atoms with E-state index in [1.165, 1.54) is 0 Å². The van der Waals surface area contributed by atoms with Crippen LogP contribution in [0.4, 0.5) is 0 Å². The number of ketones is 1. The Labute approximate surface area is 162 Å². The zero-order valence-electron chi connectivity index (χ0n) is 15.3. The first-order chi connectivity index (χ1) is 13.6. The quantitative estimate of drug-likeness (QED) is 0.492. The second-order valence-corrected chi connectivity index (χ2v) is 6.50. The number of rotatable bonds is 5. The van der Waals surface area contributed by atoms with Crippen LogP contribution in [-0.4, -0.2) is 18.5 Å². The Morgan fingerprint density at radius 2 is 1.61 bits per heavy atom. The molecule has 28 heavy (non-hydrogen) atoms. The van der Waals surface area contributed by atoms with E-state index in [0.717, 1.165) is 11.1 Å². The maximum Gasteiger partial charge on any atom is 0.339 e. The van der Waals surface area contributed by atoms with Crippen LogP contribution in [0.3, 0.4) is 0 Å². The molecule has 0 saturated carbocycles. The Kier molecular flexibility index (Phi) is 4.81. The highest BCUT2D eigenvalue weighted by Crippen LogP contribution is 2.32. The number of ether oxygens (including phenoxy) is 3. The largest absolute Gasteiger partial charge is 0.457 e. The maximum atomic E-state index is 12.8. The summed E-state index contributed by atoms with van der Waals surface area (Å²) in [5.41, 5.74) is 2.94. The molecule has 5 heteroatoms. The average Bonchev–Trinajstić information content (AvgIpc) is 3.20. The number of carbonyl (C=O) groups excluding carboxylic acids is 2. The summed E-state index contributed by atoms with van der Waals surface area (Å²) in [5.74, 6) is 0.539. The molecule has 5 nitrogen and oxygen atoms in total. The summed E-state index contributed by atoms with van der Waals surface area (Å²) in [6.07, 6.45) is 0. The van der Waals surface area contributed by atoms with Crippen LogP contribution < -0.4 is 9.47 Å². The van der Waals surface area contributed by atoms with Crippen LogP contribution in [0.1, 0.15) is 37.4 Å². The molecule has 0 fully saturated rings. The Morgan fingerprint density at radius 1 is 0.893 bits per heavy atom. The Bertz CT molecular complexity index is 1040. The van der Waals surface area contributed by atoms with E-state index in [1.807, 2.05) is 25.1 Å². The van der Waals surface area contributed by atoms with E-state index in [0.29, 0.717) is 22.6 Å². The fraction of sp³-hybridized carbons (Fsp3) is 0.130. The lowest BCUT2D eigenvalue weighted by molar-refractivity contribution is 0.0470. The van der Waals surface area contributed by atoms with Gasteiger partial charge in [0.2, 0.25) is 6.79 Å². The molecule has 0 amide bonds. The highest BCUT2D eigenvalue weighted by Gasteiger charge is 2.20. The van der Waals surface area contributed by atoms with Crippen LogP contribution in [0.2, 0.25) is 0 Å². The van der Waals surface area contributed by atoms with Crippen molar-refractivity contribution in [3.8, 4) is 11.5 Å². The Balaban J connectivity index is 1.52. The molecule has 0 N–H and O–H groups in total. The van der Waals surface area contributed by atoms with Gasteiger partial charge in [0.15, 0.2) is 17.3 Å². The van der Waals surface area contributed by atoms with E-state index in [2.05, 4.69) is 0 Å². The third-order valence-electron chi connectivity index (χ3n) is 4.51. The molecule has 1 heterocycles. The molecule has 0 bridgehead atoms. The lowest BCUT2D eigenvalue weighted by atomic mass is 9.98. The molecular formula is C23H18O5. The number of benzene rings is 3. The molecule has 0 aliphatic carbocycles. The molecule has 4 rings (SSSR count). The van der Waals surface area contributed by atoms with Crippen molar-refractivity contribution in [2.24, 2.45) is 0 Å². The minimum absolute atomic E-state index is 0.0720. The van der Waals surface area contributed by atoms with Crippen LogP contribution >= 0.6 is 0 Å². The van der Waals surface area contributed by atoms with Gasteiger partial charge in [0.1, 0.15) is 6.61 Å². The van der Waals surface area contributed by atoms with Crippen LogP contribution in [0.25, 0.3) is 0 Å². The van der Waals surface area contributed by atoms with E-state index in [-0.39, 0.29) is 24.7 Å². The number of esters is 1. The fourth-order valence-electron chi connectivity index (χ4n) is 2.98. The summed E-state index contributed by atoms with van der Waals surface area (Å²) in [6, 6.07) is 19.3. The predicted molar refractivity (Wildman–Crippen MR) is 103 cm³/mol. The Morgan fingerprint density at radius 3 is 2.39 bits per heavy atom. The number of fused-ring (bicyclic) bond motifs is 1. The zero-order valence-corrected chi connectivity index (χ0v) is 15.3. The summed E-state index contributed by atoms with van der Waals surface area (Å²) in [5, 5.41) is 0. The molecule has 140 valence electrons. The van der Waals surface area contributed by atoms with Crippen LogP contribution in [0.5, 0.6) is 11.5 Å². The number of carbonyl (C=O) groups is 2. The third-order valence-corrected chi connectivity index (χ3v) is 4.51. The second kappa shape index (κ2) is 7.56. The monoisotopic (exact) mass is 374 g/mol. The highest BCUT2D eigenvalue weighted by molar-refractivity contribution is 6.14. The normalized spacial score (nSPS) is 11.9. The first kappa shape index (κ1) is 17.8. The van der Waals surface area contributed by atoms with Crippen LogP contribution in [0, 0.1) is 6.92 Å². The SMILES string of the molecule is Cc1ccc(C(=O)c2ccccc2C(=O)OCc2ccc3c(c2)OCO3)cc1. The molecule has 0 atom stereocenters. The summed E-state index contributed by atoms with van der Waals surface area (Å²) in [7, 11) is 0. The van der Waals surface area contributed by atoms with Gasteiger partial charge in [-0.3, -0.25) is 4.79 Å². The van der Waals surface area contributed by atoms with Crippen molar-refractivity contribution in [3.05, 3.63) is 94.5 Å². The third kappa shape index (κ3) is 3.60. The van der Waals surface area contributed by atoms with Gasteiger partial charge in [-0.2, -0.15) is 0 Å². The summed E-state index contributed by atoms with van der Waals surface area (Å²) in [4.78, 5) is 25.5. The van der Waals surface area contributed by atoms with Crippen molar-refractivity contribution in [1.82, 2.24) is 0 Å². The molecule has 0 saturated heterocycles. The van der Waals surface area contributed by atoms with E-state index < -0.39 is 5.97 Å². The summed E-state index contributed by atoms with van der Waals surface area (Å²) < 4.78 is 16.0. The number of hydrogen-bond donors (Lipinski definition) is 0. The first-order valence-electron chi connectivity index (χ1n) is 8.88. The van der Waals surface area contributed by atoms with Crippen molar-refractivity contribution < 1.29 is 23.8 Å². The van der Waals surface area contributed by atoms with Gasteiger partial charge < -0.3 is 14.2 Å². The minimum atomic E-state index is -0.547. The maximum absolute atomic E-state index is 12.8. The van der Waals surface area contributed by atoms with Gasteiger partial charge in [-0.1, -0.05) is 54.1 Å². The fourth-order valence-corrected chi connectivity index (χ4v) is 2.98. The lowest BCUT2D eigenvalue weighted by Gasteiger charge is -2.10. The van der Waals surface area contributed by atoms with Crippen molar-refractivity contribution in [1.29, 1.82) is 0 Å². The zero-order chi connectivity index (χ0) is 19.5. The number of aryl methyl sites for hydroxylation is 1. The van der Waals surface area contributed by atoms with Gasteiger partial charge in [0.05, 0.1) is 5.56 Å². The average molecular weight is 374 g/mol. The molecule has 0 unspecified atom stereocenters. The molecular weight excluding hydrogens is 356 g/mol. The molecule has 3 aromatic carbocycles. The van der Waals surface area contributed by atoms with Gasteiger partial charge in [0.25, 0.3) is 0 Å². The number of hydrogen-bond acceptors (Lipinski definition) is 5. The van der Waals surface area contributed by atoms with Crippen molar-refractivity contribution >= 4 is 11.8 Å².